The van der Waals surface area contributed by atoms with E-state index in [0.717, 1.165) is 21.5 Å². The highest BCUT2D eigenvalue weighted by Gasteiger charge is 2.47. The van der Waals surface area contributed by atoms with Gasteiger partial charge in [0.25, 0.3) is 23.6 Å². The molecular weight excluding hydrogens is 868 g/mol. The summed E-state index contributed by atoms with van der Waals surface area (Å²) in [4.78, 5) is 78.8. The van der Waals surface area contributed by atoms with Crippen molar-refractivity contribution >= 4 is 23.6 Å². The first-order chi connectivity index (χ1) is 30.4. The third-order valence-corrected chi connectivity index (χ3v) is 12.0. The molecule has 4 amide bonds. The lowest BCUT2D eigenvalue weighted by molar-refractivity contribution is 0.0511. The van der Waals surface area contributed by atoms with Crippen LogP contribution in [-0.2, 0) is 24.2 Å². The highest BCUT2D eigenvalue weighted by Crippen LogP contribution is 2.39. The second-order valence-electron chi connectivity index (χ2n) is 16.0. The number of carbonyl (C=O) groups is 4. The number of rotatable bonds is 8. The summed E-state index contributed by atoms with van der Waals surface area (Å²) >= 11 is 0. The van der Waals surface area contributed by atoms with Gasteiger partial charge < -0.3 is 39.8 Å². The fraction of sp³-hybridized carbons (Fsp3) is 0.381. The van der Waals surface area contributed by atoms with Crippen LogP contribution in [0.4, 0.5) is 35.1 Å². The van der Waals surface area contributed by atoms with Gasteiger partial charge in [0.1, 0.15) is 59.4 Å². The molecule has 22 heteroatoms. The van der Waals surface area contributed by atoms with Crippen LogP contribution in [0.2, 0.25) is 0 Å². The number of aromatic nitrogens is 2. The number of pyridine rings is 2. The first-order valence-corrected chi connectivity index (χ1v) is 19.9. The Hall–Kier alpha value is -6.74. The molecule has 4 bridgehead atoms. The Labute approximate surface area is 356 Å². The van der Waals surface area contributed by atoms with Crippen molar-refractivity contribution in [1.29, 1.82) is 0 Å². The van der Waals surface area contributed by atoms with Crippen LogP contribution in [-0.4, -0.2) is 92.3 Å². The normalized spacial score (nSPS) is 20.0. The molecule has 0 aliphatic carbocycles. The van der Waals surface area contributed by atoms with Gasteiger partial charge in [0.2, 0.25) is 10.9 Å². The lowest BCUT2D eigenvalue weighted by atomic mass is 9.91. The molecule has 2 atom stereocenters. The molecule has 2 fully saturated rings. The predicted molar refractivity (Wildman–Crippen MR) is 207 cm³/mol. The third kappa shape index (κ3) is 7.93. The number of aromatic hydroxyl groups is 2. The summed E-state index contributed by atoms with van der Waals surface area (Å²) in [5.74, 6) is -12.7. The Kier molecular flexibility index (Phi) is 12.3. The van der Waals surface area contributed by atoms with Crippen molar-refractivity contribution in [3.8, 4) is 11.5 Å². The number of fused-ring (bicyclic) bond motifs is 8. The van der Waals surface area contributed by atoms with E-state index in [4.69, 9.17) is 0 Å². The molecule has 2 saturated heterocycles. The average Bonchev–Trinajstić information content (AvgIpc) is 3.58. The zero-order valence-corrected chi connectivity index (χ0v) is 33.5. The maximum Gasteiger partial charge on any atom is 0.274 e. The molecule has 2 aromatic heterocycles. The summed E-state index contributed by atoms with van der Waals surface area (Å²) in [5.41, 5.74) is -8.13. The second kappa shape index (κ2) is 17.4. The van der Waals surface area contributed by atoms with Crippen LogP contribution in [0.5, 0.6) is 11.5 Å². The molecule has 64 heavy (non-hydrogen) atoms. The Morgan fingerprint density at radius 2 is 0.922 bits per heavy atom. The minimum absolute atomic E-state index is 0.0186. The topological polar surface area (TPSA) is 183 Å². The van der Waals surface area contributed by atoms with Crippen LogP contribution < -0.4 is 21.5 Å². The van der Waals surface area contributed by atoms with E-state index in [0.29, 0.717) is 75.9 Å². The summed E-state index contributed by atoms with van der Waals surface area (Å²) in [7, 11) is 0. The van der Waals surface area contributed by atoms with E-state index in [-0.39, 0.29) is 13.1 Å². The molecule has 4 aromatic rings. The number of carbonyl (C=O) groups excluding carboxylic acids is 4. The van der Waals surface area contributed by atoms with Gasteiger partial charge in [0.05, 0.1) is 11.1 Å². The van der Waals surface area contributed by atoms with Crippen LogP contribution >= 0.6 is 0 Å². The number of amides is 4. The van der Waals surface area contributed by atoms with E-state index in [1.807, 2.05) is 0 Å². The molecular formula is C42H38F8N6O8. The maximum absolute atomic E-state index is 14.3. The number of alkyl halides is 2. The van der Waals surface area contributed by atoms with Gasteiger partial charge in [-0.15, -0.1) is 0 Å². The summed E-state index contributed by atoms with van der Waals surface area (Å²) in [6, 6.07) is 1.77. The molecule has 340 valence electrons. The van der Waals surface area contributed by atoms with E-state index in [2.05, 4.69) is 10.6 Å². The highest BCUT2D eigenvalue weighted by molar-refractivity contribution is 6.00. The average molecular weight is 907 g/mol. The zero-order valence-electron chi connectivity index (χ0n) is 33.5. The Bertz CT molecular complexity index is 2500. The standard InChI is InChI=1S/2C21H19F4N3O4/c2*22-9-21-3-1-2-4-27(10-21)20(32)16-18(30)17(29)13(8-28(16)21)19(31)26-7-12-14(24)5-11(23)6-15(12)25/h2*5-6,8,30H,1-4,7,9-10H2,(H,26,31). The largest absolute Gasteiger partial charge is 0.503 e. The van der Waals surface area contributed by atoms with Crippen molar-refractivity contribution in [2.24, 2.45) is 0 Å². The molecule has 4 N–H and O–H groups in total. The minimum atomic E-state index is -1.25. The Morgan fingerprint density at radius 1 is 0.578 bits per heavy atom. The first kappa shape index (κ1) is 45.3. The molecule has 14 nitrogen and oxygen atoms in total. The minimum Gasteiger partial charge on any atom is -0.503 e. The van der Waals surface area contributed by atoms with Crippen molar-refractivity contribution in [3.63, 3.8) is 0 Å². The van der Waals surface area contributed by atoms with E-state index < -0.39 is 152 Å². The third-order valence-electron chi connectivity index (χ3n) is 12.0. The van der Waals surface area contributed by atoms with E-state index in [1.165, 1.54) is 9.80 Å². The molecule has 2 unspecified atom stereocenters. The Balaban J connectivity index is 0.000000191. The fourth-order valence-corrected chi connectivity index (χ4v) is 8.62. The van der Waals surface area contributed by atoms with Gasteiger partial charge in [-0.1, -0.05) is 0 Å². The molecule has 8 rings (SSSR count). The molecule has 4 aliphatic heterocycles. The number of hydrogen-bond acceptors (Lipinski definition) is 8. The van der Waals surface area contributed by atoms with E-state index in [9.17, 15) is 74.1 Å². The summed E-state index contributed by atoms with van der Waals surface area (Å²) in [6.45, 7) is -2.48. The monoisotopic (exact) mass is 906 g/mol. The summed E-state index contributed by atoms with van der Waals surface area (Å²) in [6.07, 6.45) is 5.06. The van der Waals surface area contributed by atoms with Crippen LogP contribution in [0.1, 0.15) is 91.3 Å². The van der Waals surface area contributed by atoms with Crippen LogP contribution in [0, 0.1) is 34.9 Å². The maximum atomic E-state index is 14.3. The molecule has 0 spiro atoms. The highest BCUT2D eigenvalue weighted by atomic mass is 19.2. The van der Waals surface area contributed by atoms with Gasteiger partial charge in [-0.3, -0.25) is 28.8 Å². The molecule has 2 aromatic carbocycles. The molecule has 4 aliphatic rings. The second-order valence-corrected chi connectivity index (χ2v) is 16.0. The number of hydrogen-bond donors (Lipinski definition) is 4. The van der Waals surface area contributed by atoms with Crippen LogP contribution in [0.3, 0.4) is 0 Å². The van der Waals surface area contributed by atoms with Crippen molar-refractivity contribution in [1.82, 2.24) is 29.6 Å². The fourth-order valence-electron chi connectivity index (χ4n) is 8.62. The smallest absolute Gasteiger partial charge is 0.274 e. The number of nitrogens with zero attached hydrogens (tertiary/aromatic N) is 4. The number of halogens is 8. The van der Waals surface area contributed by atoms with E-state index >= 15 is 0 Å². The van der Waals surface area contributed by atoms with Crippen molar-refractivity contribution in [2.45, 2.75) is 62.7 Å². The van der Waals surface area contributed by atoms with E-state index in [1.54, 1.807) is 0 Å². The van der Waals surface area contributed by atoms with Gasteiger partial charge in [-0.05, 0) is 38.5 Å². The van der Waals surface area contributed by atoms with Gasteiger partial charge in [-0.2, -0.15) is 0 Å². The van der Waals surface area contributed by atoms with Crippen molar-refractivity contribution < 1.29 is 64.5 Å². The molecule has 6 heterocycles. The summed E-state index contributed by atoms with van der Waals surface area (Å²) < 4.78 is 112. The SMILES string of the molecule is O=C(NCc1c(F)cc(F)cc1F)c1cn2c(c(O)c1=O)C(=O)N1CCCCC2(CF)C1.O=C(NCc1c(F)cc(F)cc1F)c1cn2c(c(O)c1=O)C(=O)N1CCCCC2(CF)C1. The van der Waals surface area contributed by atoms with Crippen molar-refractivity contribution in [2.75, 3.05) is 39.5 Å². The van der Waals surface area contributed by atoms with Gasteiger partial charge in [0.15, 0.2) is 22.9 Å². The number of benzene rings is 2. The first-order valence-electron chi connectivity index (χ1n) is 19.9. The lowest BCUT2D eigenvalue weighted by Gasteiger charge is -2.42. The molecule has 0 saturated carbocycles. The summed E-state index contributed by atoms with van der Waals surface area (Å²) in [5, 5.41) is 25.2. The number of nitrogens with one attached hydrogen (secondary N) is 2. The molecule has 0 radical (unpaired) electrons. The predicted octanol–water partition coefficient (Wildman–Crippen LogP) is 4.41. The van der Waals surface area contributed by atoms with Crippen LogP contribution in [0.15, 0.2) is 46.2 Å². The van der Waals surface area contributed by atoms with Crippen LogP contribution in [0.25, 0.3) is 0 Å². The quantitative estimate of drug-likeness (QED) is 0.188. The lowest BCUT2D eigenvalue weighted by Crippen LogP contribution is -2.55. The van der Waals surface area contributed by atoms with Gasteiger partial charge in [0, 0.05) is 87.1 Å². The van der Waals surface area contributed by atoms with Gasteiger partial charge in [-0.25, -0.2) is 35.1 Å². The van der Waals surface area contributed by atoms with Gasteiger partial charge >= 0.3 is 0 Å². The van der Waals surface area contributed by atoms with Crippen molar-refractivity contribution in [3.05, 3.63) is 126 Å². The Morgan fingerprint density at radius 3 is 1.25 bits per heavy atom. The zero-order chi connectivity index (χ0) is 46.4.